The smallest absolute Gasteiger partial charge is 0.219 e. The van der Waals surface area contributed by atoms with Crippen molar-refractivity contribution >= 4 is 5.91 Å². The Labute approximate surface area is 291 Å². The highest BCUT2D eigenvalue weighted by Crippen LogP contribution is 2.15. The van der Waals surface area contributed by atoms with Gasteiger partial charge in [0.15, 0.2) is 0 Å². The van der Waals surface area contributed by atoms with Gasteiger partial charge in [-0.15, -0.1) is 0 Å². The molecule has 0 fully saturated rings. The van der Waals surface area contributed by atoms with Gasteiger partial charge in [0.05, 0.1) is 0 Å². The van der Waals surface area contributed by atoms with Crippen LogP contribution in [0.15, 0.2) is 12.2 Å². The Balaban J connectivity index is 3.17. The van der Waals surface area contributed by atoms with Gasteiger partial charge in [0.2, 0.25) is 5.91 Å². The molecule has 0 radical (unpaired) electrons. The second kappa shape index (κ2) is 42.2. The second-order valence-electron chi connectivity index (χ2n) is 14.8. The predicted octanol–water partition coefficient (Wildman–Crippen LogP) is 15.5. The molecule has 0 aliphatic carbocycles. The number of nitrogens with one attached hydrogen (secondary N) is 1. The average Bonchev–Trinajstić information content (AvgIpc) is 3.06. The molecule has 2 nitrogen and oxygen atoms in total. The Morgan fingerprint density at radius 1 is 0.348 bits per heavy atom. The Bertz CT molecular complexity index is 584. The van der Waals surface area contributed by atoms with E-state index in [1.54, 1.807) is 0 Å². The number of unbranched alkanes of at least 4 members (excludes halogenated alkanes) is 34. The normalized spacial score (nSPS) is 11.6. The van der Waals surface area contributed by atoms with E-state index < -0.39 is 0 Å². The van der Waals surface area contributed by atoms with E-state index in [-0.39, 0.29) is 5.91 Å². The zero-order valence-electron chi connectivity index (χ0n) is 32.1. The van der Waals surface area contributed by atoms with Crippen molar-refractivity contribution < 1.29 is 4.79 Å². The van der Waals surface area contributed by atoms with Gasteiger partial charge in [-0.25, -0.2) is 0 Å². The van der Waals surface area contributed by atoms with Gasteiger partial charge in [-0.05, 0) is 38.5 Å². The second-order valence-corrected chi connectivity index (χ2v) is 14.8. The first-order chi connectivity index (χ1) is 22.8. The first-order valence-corrected chi connectivity index (χ1v) is 21.7. The van der Waals surface area contributed by atoms with Crippen LogP contribution in [0, 0.1) is 0 Å². The highest BCUT2D eigenvalue weighted by Gasteiger charge is 2.01. The molecule has 0 aliphatic rings. The fraction of sp³-hybridized carbons (Fsp3) is 0.932. The molecule has 0 atom stereocenters. The predicted molar refractivity (Wildman–Crippen MR) is 209 cm³/mol. The van der Waals surface area contributed by atoms with Crippen LogP contribution in [-0.4, -0.2) is 12.5 Å². The minimum absolute atomic E-state index is 0.277. The van der Waals surface area contributed by atoms with Crippen LogP contribution in [0.5, 0.6) is 0 Å². The summed E-state index contributed by atoms with van der Waals surface area (Å²) in [5, 5.41) is 3.16. The monoisotopic (exact) mass is 646 g/mol. The summed E-state index contributed by atoms with van der Waals surface area (Å²) in [4.78, 5) is 12.1. The number of amides is 1. The molecule has 1 amide bonds. The fourth-order valence-corrected chi connectivity index (χ4v) is 6.76. The quantitative estimate of drug-likeness (QED) is 0.0521. The molecule has 0 aromatic carbocycles. The minimum Gasteiger partial charge on any atom is -0.356 e. The molecule has 0 aromatic rings. The Kier molecular flexibility index (Phi) is 41.5. The number of hydrogen-bond acceptors (Lipinski definition) is 1. The van der Waals surface area contributed by atoms with Crippen LogP contribution in [0.2, 0.25) is 0 Å². The molecule has 46 heavy (non-hydrogen) atoms. The summed E-state index contributed by atoms with van der Waals surface area (Å²) in [6, 6.07) is 0. The van der Waals surface area contributed by atoms with Gasteiger partial charge >= 0.3 is 0 Å². The topological polar surface area (TPSA) is 29.1 Å². The molecule has 0 heterocycles. The van der Waals surface area contributed by atoms with Gasteiger partial charge in [-0.1, -0.05) is 225 Å². The lowest BCUT2D eigenvalue weighted by molar-refractivity contribution is -0.121. The van der Waals surface area contributed by atoms with Crippen LogP contribution >= 0.6 is 0 Å². The van der Waals surface area contributed by atoms with E-state index in [9.17, 15) is 4.79 Å². The zero-order chi connectivity index (χ0) is 33.3. The highest BCUT2D eigenvalue weighted by molar-refractivity contribution is 5.75. The number of hydrogen-bond donors (Lipinski definition) is 1. The SMILES string of the molecule is CCCCCCCC/C=C\CCCCCCCCCCCC(=O)NCCCCCCCCCCCCCCCCCCCCCC. The Morgan fingerprint density at radius 3 is 0.935 bits per heavy atom. The standard InChI is InChI=1S/C44H87NO/c1-3-5-7-9-11-13-15-17-19-21-23-25-27-29-31-33-35-37-39-41-43-45-44(46)42-40-38-36-34-32-30-28-26-24-22-20-18-16-14-12-10-8-6-4-2/h18,20H,3-17,19,21-43H2,1-2H3,(H,45,46)/b20-18-. The van der Waals surface area contributed by atoms with Crippen LogP contribution in [0.3, 0.4) is 0 Å². The Morgan fingerprint density at radius 2 is 0.609 bits per heavy atom. The van der Waals surface area contributed by atoms with Gasteiger partial charge in [0.1, 0.15) is 0 Å². The largest absolute Gasteiger partial charge is 0.356 e. The molecular weight excluding hydrogens is 558 g/mol. The molecule has 0 aromatic heterocycles. The molecule has 0 saturated carbocycles. The fourth-order valence-electron chi connectivity index (χ4n) is 6.76. The third-order valence-corrected chi connectivity index (χ3v) is 10.0. The van der Waals surface area contributed by atoms with Gasteiger partial charge in [0.25, 0.3) is 0 Å². The lowest BCUT2D eigenvalue weighted by Gasteiger charge is -2.06. The minimum atomic E-state index is 0.277. The van der Waals surface area contributed by atoms with Gasteiger partial charge in [-0.2, -0.15) is 0 Å². The number of allylic oxidation sites excluding steroid dienone is 2. The van der Waals surface area contributed by atoms with E-state index in [1.165, 1.54) is 225 Å². The van der Waals surface area contributed by atoms with Crippen LogP contribution in [-0.2, 0) is 4.79 Å². The molecule has 2 heteroatoms. The molecule has 0 unspecified atom stereocenters. The highest BCUT2D eigenvalue weighted by atomic mass is 16.1. The number of rotatable bonds is 40. The van der Waals surface area contributed by atoms with Gasteiger partial charge in [-0.3, -0.25) is 4.79 Å². The van der Waals surface area contributed by atoms with Crippen molar-refractivity contribution in [1.82, 2.24) is 5.32 Å². The van der Waals surface area contributed by atoms with Crippen molar-refractivity contribution in [3.8, 4) is 0 Å². The van der Waals surface area contributed by atoms with Crippen LogP contribution < -0.4 is 5.32 Å². The number of carbonyl (C=O) groups excluding carboxylic acids is 1. The number of carbonyl (C=O) groups is 1. The zero-order valence-corrected chi connectivity index (χ0v) is 32.1. The van der Waals surface area contributed by atoms with Gasteiger partial charge in [0, 0.05) is 13.0 Å². The molecule has 274 valence electrons. The first kappa shape index (κ1) is 45.2. The third-order valence-electron chi connectivity index (χ3n) is 10.0. The molecule has 0 spiro atoms. The third kappa shape index (κ3) is 41.2. The van der Waals surface area contributed by atoms with E-state index in [2.05, 4.69) is 31.3 Å². The summed E-state index contributed by atoms with van der Waals surface area (Å²) in [5.74, 6) is 0.277. The molecule has 0 bridgehead atoms. The molecule has 0 rings (SSSR count). The lowest BCUT2D eigenvalue weighted by atomic mass is 10.0. The van der Waals surface area contributed by atoms with E-state index in [0.29, 0.717) is 0 Å². The van der Waals surface area contributed by atoms with E-state index in [4.69, 9.17) is 0 Å². The average molecular weight is 646 g/mol. The maximum atomic E-state index is 12.1. The van der Waals surface area contributed by atoms with Crippen molar-refractivity contribution in [2.45, 2.75) is 258 Å². The van der Waals surface area contributed by atoms with Crippen molar-refractivity contribution in [3.63, 3.8) is 0 Å². The van der Waals surface area contributed by atoms with Crippen molar-refractivity contribution in [3.05, 3.63) is 12.2 Å². The van der Waals surface area contributed by atoms with E-state index in [1.807, 2.05) is 0 Å². The lowest BCUT2D eigenvalue weighted by Crippen LogP contribution is -2.23. The maximum Gasteiger partial charge on any atom is 0.219 e. The van der Waals surface area contributed by atoms with Crippen molar-refractivity contribution in [2.75, 3.05) is 6.54 Å². The van der Waals surface area contributed by atoms with Crippen molar-refractivity contribution in [1.29, 1.82) is 0 Å². The van der Waals surface area contributed by atoms with Crippen LogP contribution in [0.1, 0.15) is 258 Å². The van der Waals surface area contributed by atoms with Crippen molar-refractivity contribution in [2.24, 2.45) is 0 Å². The first-order valence-electron chi connectivity index (χ1n) is 21.7. The van der Waals surface area contributed by atoms with Crippen LogP contribution in [0.25, 0.3) is 0 Å². The summed E-state index contributed by atoms with van der Waals surface area (Å²) >= 11 is 0. The molecule has 0 saturated heterocycles. The van der Waals surface area contributed by atoms with Gasteiger partial charge < -0.3 is 5.32 Å². The summed E-state index contributed by atoms with van der Waals surface area (Å²) in [6.45, 7) is 5.47. The molecule has 0 aliphatic heterocycles. The maximum absolute atomic E-state index is 12.1. The molecule has 1 N–H and O–H groups in total. The summed E-state index contributed by atoms with van der Waals surface area (Å²) in [5.41, 5.74) is 0. The van der Waals surface area contributed by atoms with E-state index >= 15 is 0 Å². The van der Waals surface area contributed by atoms with E-state index in [0.717, 1.165) is 25.8 Å². The Hall–Kier alpha value is -0.790. The summed E-state index contributed by atoms with van der Waals surface area (Å²) < 4.78 is 0. The van der Waals surface area contributed by atoms with Crippen LogP contribution in [0.4, 0.5) is 0 Å². The summed E-state index contributed by atoms with van der Waals surface area (Å²) in [7, 11) is 0. The summed E-state index contributed by atoms with van der Waals surface area (Å²) in [6.07, 6.45) is 56.7. The molecular formula is C44H87NO.